The molecule has 0 bridgehead atoms. The Morgan fingerprint density at radius 3 is 2.80 bits per heavy atom. The molecule has 0 aliphatic heterocycles. The van der Waals surface area contributed by atoms with Crippen molar-refractivity contribution in [3.8, 4) is 11.8 Å². The number of methoxy groups -OCH3 is 1. The van der Waals surface area contributed by atoms with Crippen molar-refractivity contribution in [2.75, 3.05) is 31.3 Å². The summed E-state index contributed by atoms with van der Waals surface area (Å²) >= 11 is 0. The number of rotatable bonds is 4. The average molecular weight is 205 g/mol. The van der Waals surface area contributed by atoms with E-state index in [-0.39, 0.29) is 0 Å². The number of benzene rings is 1. The van der Waals surface area contributed by atoms with Gasteiger partial charge in [0.25, 0.3) is 0 Å². The van der Waals surface area contributed by atoms with Gasteiger partial charge in [0.2, 0.25) is 0 Å². The van der Waals surface area contributed by atoms with Crippen LogP contribution in [-0.4, -0.2) is 20.7 Å². The largest absolute Gasteiger partial charge is 0.497 e. The van der Waals surface area contributed by atoms with Crippen molar-refractivity contribution in [3.63, 3.8) is 0 Å². The van der Waals surface area contributed by atoms with Gasteiger partial charge in [0.1, 0.15) is 5.75 Å². The van der Waals surface area contributed by atoms with Gasteiger partial charge in [-0.2, -0.15) is 5.26 Å². The van der Waals surface area contributed by atoms with E-state index in [0.717, 1.165) is 11.4 Å². The lowest BCUT2D eigenvalue weighted by Crippen LogP contribution is -2.19. The minimum Gasteiger partial charge on any atom is -0.497 e. The Morgan fingerprint density at radius 1 is 1.53 bits per heavy atom. The third kappa shape index (κ3) is 2.78. The number of nitrogens with zero attached hydrogens (tertiary/aromatic N) is 2. The predicted octanol–water partition coefficient (Wildman–Crippen LogP) is 1.63. The molecule has 0 saturated heterocycles. The predicted molar refractivity (Wildman–Crippen MR) is 60.9 cm³/mol. The molecule has 0 fully saturated rings. The van der Waals surface area contributed by atoms with Gasteiger partial charge in [-0.3, -0.25) is 0 Å². The Hall–Kier alpha value is -1.89. The third-order valence-corrected chi connectivity index (χ3v) is 2.20. The second-order valence-corrected chi connectivity index (χ2v) is 3.25. The first-order chi connectivity index (χ1) is 7.19. The van der Waals surface area contributed by atoms with Crippen molar-refractivity contribution in [1.29, 1.82) is 5.26 Å². The van der Waals surface area contributed by atoms with E-state index < -0.39 is 0 Å². The maximum atomic E-state index is 8.49. The van der Waals surface area contributed by atoms with Crippen LogP contribution in [0.5, 0.6) is 5.75 Å². The summed E-state index contributed by atoms with van der Waals surface area (Å²) in [6.45, 7) is 0.674. The van der Waals surface area contributed by atoms with Crippen LogP contribution in [0, 0.1) is 11.3 Å². The highest BCUT2D eigenvalue weighted by atomic mass is 16.5. The molecule has 4 heteroatoms. The molecule has 0 aliphatic rings. The minimum atomic E-state index is 0.488. The highest BCUT2D eigenvalue weighted by molar-refractivity contribution is 5.69. The molecule has 2 N–H and O–H groups in total. The number of nitrogens with two attached hydrogens (primary N) is 1. The summed E-state index contributed by atoms with van der Waals surface area (Å²) in [4.78, 5) is 1.96. The van der Waals surface area contributed by atoms with Gasteiger partial charge in [-0.1, -0.05) is 0 Å². The monoisotopic (exact) mass is 205 g/mol. The van der Waals surface area contributed by atoms with Crippen LogP contribution in [0.3, 0.4) is 0 Å². The second kappa shape index (κ2) is 5.11. The summed E-state index contributed by atoms with van der Waals surface area (Å²) in [5.74, 6) is 0.741. The normalized spacial score (nSPS) is 9.40. The van der Waals surface area contributed by atoms with Gasteiger partial charge in [-0.05, 0) is 12.1 Å². The van der Waals surface area contributed by atoms with Crippen molar-refractivity contribution in [1.82, 2.24) is 0 Å². The van der Waals surface area contributed by atoms with Crippen LogP contribution in [0.25, 0.3) is 0 Å². The third-order valence-electron chi connectivity index (χ3n) is 2.20. The zero-order chi connectivity index (χ0) is 11.3. The highest BCUT2D eigenvalue weighted by Crippen LogP contribution is 2.26. The topological polar surface area (TPSA) is 62.3 Å². The van der Waals surface area contributed by atoms with Gasteiger partial charge >= 0.3 is 0 Å². The van der Waals surface area contributed by atoms with Crippen LogP contribution in [0.15, 0.2) is 18.2 Å². The molecule has 0 aliphatic carbocycles. The number of hydrogen-bond acceptors (Lipinski definition) is 4. The lowest BCUT2D eigenvalue weighted by atomic mass is 10.2. The van der Waals surface area contributed by atoms with Gasteiger partial charge in [-0.25, -0.2) is 0 Å². The number of hydrogen-bond donors (Lipinski definition) is 1. The number of ether oxygens (including phenoxy) is 1. The van der Waals surface area contributed by atoms with E-state index in [9.17, 15) is 0 Å². The number of anilines is 2. The molecular weight excluding hydrogens is 190 g/mol. The minimum absolute atomic E-state index is 0.488. The summed E-state index contributed by atoms with van der Waals surface area (Å²) in [6.07, 6.45) is 0.488. The first kappa shape index (κ1) is 11.2. The molecule has 1 aromatic rings. The molecule has 0 saturated carbocycles. The van der Waals surface area contributed by atoms with Gasteiger partial charge in [0, 0.05) is 19.7 Å². The molecule has 1 aromatic carbocycles. The van der Waals surface area contributed by atoms with E-state index in [1.165, 1.54) is 0 Å². The van der Waals surface area contributed by atoms with Crippen LogP contribution in [0.2, 0.25) is 0 Å². The van der Waals surface area contributed by atoms with Crippen molar-refractivity contribution in [2.24, 2.45) is 0 Å². The Labute approximate surface area is 89.9 Å². The SMILES string of the molecule is COc1ccc(N(C)CCC#N)c(N)c1. The van der Waals surface area contributed by atoms with E-state index in [1.54, 1.807) is 13.2 Å². The van der Waals surface area contributed by atoms with Crippen LogP contribution >= 0.6 is 0 Å². The van der Waals surface area contributed by atoms with E-state index in [0.29, 0.717) is 18.7 Å². The summed E-state index contributed by atoms with van der Waals surface area (Å²) in [6, 6.07) is 7.63. The molecule has 0 spiro atoms. The fraction of sp³-hybridized carbons (Fsp3) is 0.364. The summed E-state index contributed by atoms with van der Waals surface area (Å²) in [5, 5.41) is 8.49. The quantitative estimate of drug-likeness (QED) is 0.759. The molecule has 15 heavy (non-hydrogen) atoms. The van der Waals surface area contributed by atoms with Crippen molar-refractivity contribution >= 4 is 11.4 Å². The van der Waals surface area contributed by atoms with Gasteiger partial charge in [0.15, 0.2) is 0 Å². The average Bonchev–Trinajstić information content (AvgIpc) is 2.25. The van der Waals surface area contributed by atoms with Crippen LogP contribution in [-0.2, 0) is 0 Å². The molecule has 0 unspecified atom stereocenters. The van der Waals surface area contributed by atoms with Crippen LogP contribution in [0.1, 0.15) is 6.42 Å². The number of nitrogen functional groups attached to an aromatic ring is 1. The van der Waals surface area contributed by atoms with E-state index >= 15 is 0 Å². The maximum absolute atomic E-state index is 8.49. The van der Waals surface area contributed by atoms with E-state index in [4.69, 9.17) is 15.7 Å². The van der Waals surface area contributed by atoms with Crippen LogP contribution < -0.4 is 15.4 Å². The van der Waals surface area contributed by atoms with E-state index in [1.807, 2.05) is 24.1 Å². The van der Waals surface area contributed by atoms with Crippen molar-refractivity contribution in [2.45, 2.75) is 6.42 Å². The van der Waals surface area contributed by atoms with E-state index in [2.05, 4.69) is 6.07 Å². The molecule has 0 amide bonds. The van der Waals surface area contributed by atoms with Gasteiger partial charge in [0.05, 0.1) is 31.0 Å². The summed E-state index contributed by atoms with van der Waals surface area (Å²) in [5.41, 5.74) is 7.45. The zero-order valence-corrected chi connectivity index (χ0v) is 9.03. The standard InChI is InChI=1S/C11H15N3O/c1-14(7-3-6-12)11-5-4-9(15-2)8-10(11)13/h4-5,8H,3,7,13H2,1-2H3. The second-order valence-electron chi connectivity index (χ2n) is 3.25. The zero-order valence-electron chi connectivity index (χ0n) is 9.03. The lowest BCUT2D eigenvalue weighted by molar-refractivity contribution is 0.415. The number of nitriles is 1. The first-order valence-corrected chi connectivity index (χ1v) is 4.70. The lowest BCUT2D eigenvalue weighted by Gasteiger charge is -2.20. The Morgan fingerprint density at radius 2 is 2.27 bits per heavy atom. The molecule has 1 rings (SSSR count). The Balaban J connectivity index is 2.81. The van der Waals surface area contributed by atoms with Gasteiger partial charge in [-0.15, -0.1) is 0 Å². The Bertz CT molecular complexity index is 371. The smallest absolute Gasteiger partial charge is 0.121 e. The highest BCUT2D eigenvalue weighted by Gasteiger charge is 2.05. The summed E-state index contributed by atoms with van der Waals surface area (Å²) < 4.78 is 5.06. The van der Waals surface area contributed by atoms with Crippen molar-refractivity contribution < 1.29 is 4.74 Å². The molecule has 0 radical (unpaired) electrons. The van der Waals surface area contributed by atoms with Crippen molar-refractivity contribution in [3.05, 3.63) is 18.2 Å². The molecular formula is C11H15N3O. The summed E-state index contributed by atoms with van der Waals surface area (Å²) in [7, 11) is 3.52. The molecule has 80 valence electrons. The fourth-order valence-electron chi connectivity index (χ4n) is 1.35. The fourth-order valence-corrected chi connectivity index (χ4v) is 1.35. The molecule has 0 atom stereocenters. The van der Waals surface area contributed by atoms with Crippen LogP contribution in [0.4, 0.5) is 11.4 Å². The molecule has 0 aromatic heterocycles. The molecule has 4 nitrogen and oxygen atoms in total. The maximum Gasteiger partial charge on any atom is 0.121 e. The first-order valence-electron chi connectivity index (χ1n) is 4.70. The van der Waals surface area contributed by atoms with Gasteiger partial charge < -0.3 is 15.4 Å². The Kier molecular flexibility index (Phi) is 3.81. The molecule has 0 heterocycles.